The second-order valence-corrected chi connectivity index (χ2v) is 7.75. The minimum absolute atomic E-state index is 0.0176. The number of non-ortho nitro benzene ring substituents is 1. The highest BCUT2D eigenvalue weighted by Gasteiger charge is 2.21. The number of anilines is 1. The maximum atomic E-state index is 13.4. The Kier molecular flexibility index (Phi) is 5.55. The van der Waals surface area contributed by atoms with E-state index in [4.69, 9.17) is 0 Å². The van der Waals surface area contributed by atoms with Crippen LogP contribution >= 0.6 is 0 Å². The standard InChI is InChI=1S/C25H21N3O4/c1-16-7-10-21(11-8-16)27(25(30)19-4-3-5-22(14-19)28(31)32)15-20-13-18-9-6-17(2)12-23(18)26-24(20)29/h3-14H,15H2,1-2H3,(H,26,29). The predicted molar refractivity (Wildman–Crippen MR) is 124 cm³/mol. The van der Waals surface area contributed by atoms with Gasteiger partial charge in [-0.1, -0.05) is 35.9 Å². The summed E-state index contributed by atoms with van der Waals surface area (Å²) in [6, 6.07) is 20.5. The molecule has 0 aliphatic heterocycles. The van der Waals surface area contributed by atoms with Crippen molar-refractivity contribution in [1.82, 2.24) is 4.98 Å². The van der Waals surface area contributed by atoms with Crippen molar-refractivity contribution in [1.29, 1.82) is 0 Å². The maximum Gasteiger partial charge on any atom is 0.270 e. The first-order valence-electron chi connectivity index (χ1n) is 10.1. The molecule has 0 unspecified atom stereocenters. The first-order valence-corrected chi connectivity index (χ1v) is 10.1. The lowest BCUT2D eigenvalue weighted by Crippen LogP contribution is -2.33. The highest BCUT2D eigenvalue weighted by atomic mass is 16.6. The molecular weight excluding hydrogens is 406 g/mol. The van der Waals surface area contributed by atoms with Crippen LogP contribution in [0.3, 0.4) is 0 Å². The number of amides is 1. The number of fused-ring (bicyclic) bond motifs is 1. The van der Waals surface area contributed by atoms with E-state index in [2.05, 4.69) is 4.98 Å². The summed E-state index contributed by atoms with van der Waals surface area (Å²) in [5, 5.41) is 12.0. The summed E-state index contributed by atoms with van der Waals surface area (Å²) in [5.41, 5.74) is 3.51. The zero-order chi connectivity index (χ0) is 22.8. The van der Waals surface area contributed by atoms with E-state index in [9.17, 15) is 19.7 Å². The Morgan fingerprint density at radius 2 is 1.69 bits per heavy atom. The number of H-pyrrole nitrogens is 1. The zero-order valence-electron chi connectivity index (χ0n) is 17.7. The van der Waals surface area contributed by atoms with Crippen LogP contribution in [0.15, 0.2) is 77.6 Å². The van der Waals surface area contributed by atoms with E-state index in [-0.39, 0.29) is 23.4 Å². The van der Waals surface area contributed by atoms with Gasteiger partial charge in [0.1, 0.15) is 0 Å². The fourth-order valence-corrected chi connectivity index (χ4v) is 3.56. The fourth-order valence-electron chi connectivity index (χ4n) is 3.56. The van der Waals surface area contributed by atoms with Gasteiger partial charge in [0, 0.05) is 34.5 Å². The monoisotopic (exact) mass is 427 g/mol. The molecule has 0 spiro atoms. The van der Waals surface area contributed by atoms with Crippen molar-refractivity contribution < 1.29 is 9.72 Å². The second-order valence-electron chi connectivity index (χ2n) is 7.75. The molecule has 0 bridgehead atoms. The number of rotatable bonds is 5. The fraction of sp³-hybridized carbons (Fsp3) is 0.120. The number of hydrogen-bond acceptors (Lipinski definition) is 4. The van der Waals surface area contributed by atoms with Crippen molar-refractivity contribution in [2.24, 2.45) is 0 Å². The van der Waals surface area contributed by atoms with Crippen LogP contribution in [0, 0.1) is 24.0 Å². The Balaban J connectivity index is 1.78. The number of nitrogens with zero attached hydrogens (tertiary/aromatic N) is 2. The molecule has 0 aliphatic carbocycles. The van der Waals surface area contributed by atoms with Gasteiger partial charge in [0.25, 0.3) is 17.2 Å². The number of carbonyl (C=O) groups is 1. The van der Waals surface area contributed by atoms with Crippen molar-refractivity contribution in [3.63, 3.8) is 0 Å². The van der Waals surface area contributed by atoms with Crippen LogP contribution in [0.2, 0.25) is 0 Å². The van der Waals surface area contributed by atoms with Crippen LogP contribution in [0.1, 0.15) is 27.0 Å². The summed E-state index contributed by atoms with van der Waals surface area (Å²) in [6.45, 7) is 3.90. The molecule has 0 radical (unpaired) electrons. The van der Waals surface area contributed by atoms with Crippen molar-refractivity contribution in [2.75, 3.05) is 4.90 Å². The van der Waals surface area contributed by atoms with Gasteiger partial charge in [-0.3, -0.25) is 19.7 Å². The SMILES string of the molecule is Cc1ccc(N(Cc2cc3ccc(C)cc3[nH]c2=O)C(=O)c2cccc([N+](=O)[O-])c2)cc1. The molecule has 7 heteroatoms. The summed E-state index contributed by atoms with van der Waals surface area (Å²) >= 11 is 0. The van der Waals surface area contributed by atoms with Gasteiger partial charge in [-0.2, -0.15) is 0 Å². The Bertz CT molecular complexity index is 1390. The summed E-state index contributed by atoms with van der Waals surface area (Å²) in [7, 11) is 0. The number of aryl methyl sites for hydroxylation is 2. The zero-order valence-corrected chi connectivity index (χ0v) is 17.7. The molecule has 4 aromatic rings. The number of pyridine rings is 1. The summed E-state index contributed by atoms with van der Waals surface area (Å²) in [5.74, 6) is -0.430. The topological polar surface area (TPSA) is 96.3 Å². The molecule has 7 nitrogen and oxygen atoms in total. The predicted octanol–water partition coefficient (Wildman–Crippen LogP) is 4.90. The van der Waals surface area contributed by atoms with Gasteiger partial charge in [-0.25, -0.2) is 0 Å². The number of hydrogen-bond donors (Lipinski definition) is 1. The summed E-state index contributed by atoms with van der Waals surface area (Å²) < 4.78 is 0. The van der Waals surface area contributed by atoms with Gasteiger partial charge < -0.3 is 9.88 Å². The van der Waals surface area contributed by atoms with Crippen molar-refractivity contribution >= 4 is 28.2 Å². The number of aromatic amines is 1. The number of nitrogens with one attached hydrogen (secondary N) is 1. The third-order valence-corrected chi connectivity index (χ3v) is 5.30. The number of carbonyl (C=O) groups excluding carboxylic acids is 1. The quantitative estimate of drug-likeness (QED) is 0.362. The number of nitro groups is 1. The first kappa shape index (κ1) is 21.0. The third kappa shape index (κ3) is 4.27. The Labute approximate surface area is 184 Å². The van der Waals surface area contributed by atoms with E-state index in [0.29, 0.717) is 11.3 Å². The summed E-state index contributed by atoms with van der Waals surface area (Å²) in [4.78, 5) is 41.2. The van der Waals surface area contributed by atoms with Crippen LogP contribution in [-0.2, 0) is 6.54 Å². The lowest BCUT2D eigenvalue weighted by atomic mass is 10.1. The van der Waals surface area contributed by atoms with Gasteiger partial charge in [0.15, 0.2) is 0 Å². The second kappa shape index (κ2) is 8.47. The summed E-state index contributed by atoms with van der Waals surface area (Å²) in [6.07, 6.45) is 0. The van der Waals surface area contributed by atoms with Crippen molar-refractivity contribution in [2.45, 2.75) is 20.4 Å². The van der Waals surface area contributed by atoms with E-state index >= 15 is 0 Å². The van der Waals surface area contributed by atoms with E-state index < -0.39 is 10.8 Å². The van der Waals surface area contributed by atoms with Gasteiger partial charge in [-0.15, -0.1) is 0 Å². The van der Waals surface area contributed by atoms with Gasteiger partial charge >= 0.3 is 0 Å². The molecule has 4 rings (SSSR count). The first-order chi connectivity index (χ1) is 15.3. The molecule has 0 fully saturated rings. The molecule has 0 saturated heterocycles. The highest BCUT2D eigenvalue weighted by Crippen LogP contribution is 2.23. The van der Waals surface area contributed by atoms with Crippen LogP contribution in [0.4, 0.5) is 11.4 Å². The minimum atomic E-state index is -0.539. The molecule has 1 amide bonds. The van der Waals surface area contributed by atoms with Crippen LogP contribution < -0.4 is 10.5 Å². The Morgan fingerprint density at radius 3 is 2.41 bits per heavy atom. The van der Waals surface area contributed by atoms with E-state index in [1.165, 1.54) is 29.2 Å². The van der Waals surface area contributed by atoms with Gasteiger partial charge in [0.05, 0.1) is 11.5 Å². The van der Waals surface area contributed by atoms with Crippen LogP contribution in [0.5, 0.6) is 0 Å². The molecule has 0 saturated carbocycles. The highest BCUT2D eigenvalue weighted by molar-refractivity contribution is 6.06. The normalized spacial score (nSPS) is 10.8. The van der Waals surface area contributed by atoms with Gasteiger partial charge in [-0.05, 0) is 55.1 Å². The van der Waals surface area contributed by atoms with Crippen molar-refractivity contribution in [3.05, 3.63) is 116 Å². The molecule has 32 heavy (non-hydrogen) atoms. The molecule has 1 heterocycles. The largest absolute Gasteiger partial charge is 0.322 e. The average Bonchev–Trinajstić information content (AvgIpc) is 2.78. The molecule has 0 aliphatic rings. The third-order valence-electron chi connectivity index (χ3n) is 5.30. The number of aromatic nitrogens is 1. The maximum absolute atomic E-state index is 13.4. The number of benzene rings is 3. The van der Waals surface area contributed by atoms with E-state index in [1.54, 1.807) is 18.2 Å². The lowest BCUT2D eigenvalue weighted by molar-refractivity contribution is -0.384. The smallest absolute Gasteiger partial charge is 0.270 e. The molecule has 1 aromatic heterocycles. The van der Waals surface area contributed by atoms with E-state index in [1.807, 2.05) is 44.2 Å². The minimum Gasteiger partial charge on any atom is -0.322 e. The molecule has 1 N–H and O–H groups in total. The van der Waals surface area contributed by atoms with Gasteiger partial charge in [0.2, 0.25) is 0 Å². The molecular formula is C25H21N3O4. The van der Waals surface area contributed by atoms with Crippen molar-refractivity contribution in [3.8, 4) is 0 Å². The molecule has 0 atom stereocenters. The molecule has 3 aromatic carbocycles. The lowest BCUT2D eigenvalue weighted by Gasteiger charge is -2.23. The number of nitro benzene ring substituents is 1. The van der Waals surface area contributed by atoms with Crippen LogP contribution in [-0.4, -0.2) is 15.8 Å². The molecule has 160 valence electrons. The Hall–Kier alpha value is -4.26. The van der Waals surface area contributed by atoms with E-state index in [0.717, 1.165) is 22.0 Å². The van der Waals surface area contributed by atoms with Crippen LogP contribution in [0.25, 0.3) is 10.9 Å². The Morgan fingerprint density at radius 1 is 0.969 bits per heavy atom. The average molecular weight is 427 g/mol.